The highest BCUT2D eigenvalue weighted by Crippen LogP contribution is 2.42. The molecule has 65 heavy (non-hydrogen) atoms. The number of nitrogens with zero attached hydrogens (tertiary/aromatic N) is 3. The van der Waals surface area contributed by atoms with Crippen LogP contribution in [0.4, 0.5) is 0 Å². The predicted molar refractivity (Wildman–Crippen MR) is 275 cm³/mol. The number of aromatic nitrogens is 3. The van der Waals surface area contributed by atoms with Crippen LogP contribution in [0.2, 0.25) is 0 Å². The minimum absolute atomic E-state index is 1.13. The molecule has 0 spiro atoms. The van der Waals surface area contributed by atoms with Gasteiger partial charge in [-0.15, -0.1) is 0 Å². The van der Waals surface area contributed by atoms with Gasteiger partial charge in [0.15, 0.2) is 0 Å². The van der Waals surface area contributed by atoms with Gasteiger partial charge in [0.25, 0.3) is 0 Å². The molecule has 14 aromatic rings. The van der Waals surface area contributed by atoms with E-state index in [2.05, 4.69) is 250 Å². The van der Waals surface area contributed by atoms with Crippen LogP contribution in [-0.2, 0) is 0 Å². The molecule has 0 N–H and O–H groups in total. The Hall–Kier alpha value is -8.66. The number of para-hydroxylation sites is 2. The lowest BCUT2D eigenvalue weighted by atomic mass is 10.00. The van der Waals surface area contributed by atoms with Gasteiger partial charge >= 0.3 is 0 Å². The van der Waals surface area contributed by atoms with Crippen molar-refractivity contribution < 1.29 is 0 Å². The largest absolute Gasteiger partial charge is 0.309 e. The van der Waals surface area contributed by atoms with E-state index in [9.17, 15) is 0 Å². The maximum Gasteiger partial charge on any atom is 0.0562 e. The number of fused-ring (bicyclic) bond motifs is 11. The van der Waals surface area contributed by atoms with Gasteiger partial charge in [0.2, 0.25) is 0 Å². The Morgan fingerprint density at radius 1 is 0.185 bits per heavy atom. The fourth-order valence-electron chi connectivity index (χ4n) is 10.7. The first-order chi connectivity index (χ1) is 32.2. The van der Waals surface area contributed by atoms with Gasteiger partial charge in [-0.2, -0.15) is 0 Å². The van der Waals surface area contributed by atoms with Gasteiger partial charge in [-0.05, 0) is 129 Å². The maximum absolute atomic E-state index is 2.46. The van der Waals surface area contributed by atoms with Crippen LogP contribution >= 0.6 is 0 Å². The maximum atomic E-state index is 2.46. The van der Waals surface area contributed by atoms with Crippen LogP contribution < -0.4 is 0 Å². The van der Waals surface area contributed by atoms with Crippen molar-refractivity contribution in [2.45, 2.75) is 0 Å². The highest BCUT2D eigenvalue weighted by Gasteiger charge is 2.20. The van der Waals surface area contributed by atoms with Gasteiger partial charge in [0.1, 0.15) is 0 Å². The number of hydrogen-bond acceptors (Lipinski definition) is 0. The van der Waals surface area contributed by atoms with Crippen molar-refractivity contribution in [2.24, 2.45) is 0 Å². The lowest BCUT2D eigenvalue weighted by Crippen LogP contribution is -1.96. The topological polar surface area (TPSA) is 14.8 Å². The highest BCUT2D eigenvalue weighted by molar-refractivity contribution is 6.20. The minimum Gasteiger partial charge on any atom is -0.309 e. The molecule has 0 unspecified atom stereocenters. The fraction of sp³-hybridized carbons (Fsp3) is 0. The number of rotatable bonds is 5. The van der Waals surface area contributed by atoms with Crippen molar-refractivity contribution in [3.8, 4) is 39.3 Å². The van der Waals surface area contributed by atoms with Crippen LogP contribution in [0.1, 0.15) is 0 Å². The van der Waals surface area contributed by atoms with E-state index in [1.165, 1.54) is 115 Å². The van der Waals surface area contributed by atoms with Crippen molar-refractivity contribution in [2.75, 3.05) is 0 Å². The van der Waals surface area contributed by atoms with Gasteiger partial charge in [-0.1, -0.05) is 152 Å². The highest BCUT2D eigenvalue weighted by atomic mass is 15.0. The van der Waals surface area contributed by atoms with Crippen molar-refractivity contribution >= 4 is 87.0 Å². The average molecular weight is 826 g/mol. The van der Waals surface area contributed by atoms with E-state index in [4.69, 9.17) is 0 Å². The smallest absolute Gasteiger partial charge is 0.0562 e. The molecule has 3 heterocycles. The van der Waals surface area contributed by atoms with E-state index >= 15 is 0 Å². The molecule has 11 aromatic carbocycles. The van der Waals surface area contributed by atoms with E-state index in [1.807, 2.05) is 0 Å². The van der Waals surface area contributed by atoms with Crippen LogP contribution in [0.5, 0.6) is 0 Å². The van der Waals surface area contributed by atoms with E-state index in [0.29, 0.717) is 0 Å². The molecule has 0 saturated heterocycles. The first-order valence-electron chi connectivity index (χ1n) is 22.4. The van der Waals surface area contributed by atoms with Crippen LogP contribution in [-0.4, -0.2) is 13.7 Å². The van der Waals surface area contributed by atoms with Gasteiger partial charge in [0, 0.05) is 49.4 Å². The molecule has 0 atom stereocenters. The zero-order chi connectivity index (χ0) is 42.6. The van der Waals surface area contributed by atoms with E-state index in [0.717, 1.165) is 11.4 Å². The third kappa shape index (κ3) is 5.49. The summed E-state index contributed by atoms with van der Waals surface area (Å²) in [4.78, 5) is 0. The van der Waals surface area contributed by atoms with E-state index in [-0.39, 0.29) is 0 Å². The summed E-state index contributed by atoms with van der Waals surface area (Å²) < 4.78 is 7.33. The minimum atomic E-state index is 1.13. The van der Waals surface area contributed by atoms with Crippen molar-refractivity contribution in [3.63, 3.8) is 0 Å². The molecule has 0 aliphatic rings. The number of hydrogen-bond donors (Lipinski definition) is 0. The van der Waals surface area contributed by atoms with Gasteiger partial charge < -0.3 is 13.7 Å². The molecule has 302 valence electrons. The molecule has 14 rings (SSSR count). The third-order valence-electron chi connectivity index (χ3n) is 13.8. The summed E-state index contributed by atoms with van der Waals surface area (Å²) in [5.41, 5.74) is 15.4. The molecule has 3 aromatic heterocycles. The van der Waals surface area contributed by atoms with E-state index < -0.39 is 0 Å². The van der Waals surface area contributed by atoms with Crippen molar-refractivity contribution in [1.29, 1.82) is 0 Å². The molecular formula is C62H39N3. The second kappa shape index (κ2) is 13.9. The standard InChI is InChI=1S/C62H39N3/c1-2-12-40(13-3-1)43-22-28-48(29-23-43)63-60-33-27-47(46-26-32-59-53(36-46)51-18-8-10-20-57(51)64(59)49-30-24-41-14-4-6-16-44(41)34-49)37-54(60)56-38-55-52-19-9-11-21-58(52)65(61(55)39-62(56)63)50-31-25-42-15-5-7-17-45(42)35-50/h1-39H. The summed E-state index contributed by atoms with van der Waals surface area (Å²) in [6.45, 7) is 0. The summed E-state index contributed by atoms with van der Waals surface area (Å²) >= 11 is 0. The van der Waals surface area contributed by atoms with Gasteiger partial charge in [-0.3, -0.25) is 0 Å². The fourth-order valence-corrected chi connectivity index (χ4v) is 10.7. The predicted octanol–water partition coefficient (Wildman–Crippen LogP) is 16.6. The second-order valence-corrected chi connectivity index (χ2v) is 17.4. The third-order valence-corrected chi connectivity index (χ3v) is 13.8. The normalized spacial score (nSPS) is 12.0. The summed E-state index contributed by atoms with van der Waals surface area (Å²) in [6, 6.07) is 87.2. The Morgan fingerprint density at radius 2 is 0.569 bits per heavy atom. The molecule has 0 aliphatic carbocycles. The zero-order valence-corrected chi connectivity index (χ0v) is 35.4. The Morgan fingerprint density at radius 3 is 1.15 bits per heavy atom. The Kier molecular flexibility index (Phi) is 7.69. The average Bonchev–Trinajstić information content (AvgIpc) is 4.00. The molecule has 0 amide bonds. The van der Waals surface area contributed by atoms with Crippen LogP contribution in [0.3, 0.4) is 0 Å². The molecule has 0 saturated carbocycles. The Labute approximate surface area is 374 Å². The van der Waals surface area contributed by atoms with Gasteiger partial charge in [-0.25, -0.2) is 0 Å². The quantitative estimate of drug-likeness (QED) is 0.164. The van der Waals surface area contributed by atoms with Crippen molar-refractivity contribution in [1.82, 2.24) is 13.7 Å². The summed E-state index contributed by atoms with van der Waals surface area (Å²) in [5.74, 6) is 0. The molecular weight excluding hydrogens is 787 g/mol. The van der Waals surface area contributed by atoms with Gasteiger partial charge in [0.05, 0.1) is 33.1 Å². The first kappa shape index (κ1) is 35.9. The van der Waals surface area contributed by atoms with Crippen molar-refractivity contribution in [3.05, 3.63) is 237 Å². The molecule has 0 bridgehead atoms. The Bertz CT molecular complexity index is 4220. The molecule has 0 aliphatic heterocycles. The summed E-state index contributed by atoms with van der Waals surface area (Å²) in [7, 11) is 0. The lowest BCUT2D eigenvalue weighted by molar-refractivity contribution is 1.17. The van der Waals surface area contributed by atoms with E-state index in [1.54, 1.807) is 0 Å². The van der Waals surface area contributed by atoms with Crippen LogP contribution in [0.25, 0.3) is 126 Å². The molecule has 0 fully saturated rings. The zero-order valence-electron chi connectivity index (χ0n) is 35.4. The molecule has 3 heteroatoms. The second-order valence-electron chi connectivity index (χ2n) is 17.4. The molecule has 3 nitrogen and oxygen atoms in total. The van der Waals surface area contributed by atoms with Crippen LogP contribution in [0, 0.1) is 0 Å². The summed E-state index contributed by atoms with van der Waals surface area (Å²) in [5, 5.41) is 12.4. The SMILES string of the molecule is c1ccc(-c2ccc(-n3c4ccc(-c5ccc6c(c5)c5ccccc5n6-c5ccc6ccccc6c5)cc4c4cc5c6ccccc6n(-c6ccc7ccccc7c6)c5cc43)cc2)cc1. The summed E-state index contributed by atoms with van der Waals surface area (Å²) in [6.07, 6.45) is 0. The number of benzene rings is 11. The van der Waals surface area contributed by atoms with Crippen LogP contribution in [0.15, 0.2) is 237 Å². The Balaban J connectivity index is 0.999. The first-order valence-corrected chi connectivity index (χ1v) is 22.4. The molecule has 0 radical (unpaired) electrons. The monoisotopic (exact) mass is 825 g/mol. The lowest BCUT2D eigenvalue weighted by Gasteiger charge is -2.12.